The molecule has 0 saturated carbocycles. The minimum absolute atomic E-state index is 0.0778. The van der Waals surface area contributed by atoms with Crippen molar-refractivity contribution in [3.05, 3.63) is 70.4 Å². The number of furan rings is 1. The SMILES string of the molecule is Cc1ccc(-c2nc(C)c(C(=O)N3CCN(CC=Cc4ccccc4)CC3)s2)o1. The minimum Gasteiger partial charge on any atom is -0.459 e. The van der Waals surface area contributed by atoms with Gasteiger partial charge in [0.1, 0.15) is 10.6 Å². The molecule has 1 saturated heterocycles. The first-order valence-electron chi connectivity index (χ1n) is 9.87. The summed E-state index contributed by atoms with van der Waals surface area (Å²) >= 11 is 1.42. The van der Waals surface area contributed by atoms with Gasteiger partial charge in [0, 0.05) is 32.7 Å². The lowest BCUT2D eigenvalue weighted by Crippen LogP contribution is -2.48. The summed E-state index contributed by atoms with van der Waals surface area (Å²) in [6.07, 6.45) is 4.34. The lowest BCUT2D eigenvalue weighted by Gasteiger charge is -2.34. The number of carbonyl (C=O) groups is 1. The second-order valence-corrected chi connectivity index (χ2v) is 8.25. The molecule has 1 amide bonds. The molecule has 4 rings (SSSR count). The molecule has 2 aromatic heterocycles. The van der Waals surface area contributed by atoms with Crippen LogP contribution in [-0.2, 0) is 0 Å². The summed E-state index contributed by atoms with van der Waals surface area (Å²) in [5.41, 5.74) is 1.99. The average Bonchev–Trinajstić information content (AvgIpc) is 3.34. The summed E-state index contributed by atoms with van der Waals surface area (Å²) in [6, 6.07) is 14.1. The fourth-order valence-electron chi connectivity index (χ4n) is 3.43. The van der Waals surface area contributed by atoms with Crippen LogP contribution < -0.4 is 0 Å². The number of carbonyl (C=O) groups excluding carboxylic acids is 1. The predicted molar refractivity (Wildman–Crippen MR) is 117 cm³/mol. The van der Waals surface area contributed by atoms with E-state index >= 15 is 0 Å². The second-order valence-electron chi connectivity index (χ2n) is 7.25. The van der Waals surface area contributed by atoms with E-state index in [1.165, 1.54) is 16.9 Å². The van der Waals surface area contributed by atoms with Crippen molar-refractivity contribution in [3.63, 3.8) is 0 Å². The Hall–Kier alpha value is -2.70. The van der Waals surface area contributed by atoms with Crippen molar-refractivity contribution >= 4 is 23.3 Å². The lowest BCUT2D eigenvalue weighted by molar-refractivity contribution is 0.0654. The second kappa shape index (κ2) is 8.76. The maximum absolute atomic E-state index is 13.0. The molecule has 0 bridgehead atoms. The van der Waals surface area contributed by atoms with Crippen LogP contribution in [0.15, 0.2) is 53.0 Å². The first-order chi connectivity index (χ1) is 14.1. The normalized spacial score (nSPS) is 15.3. The maximum atomic E-state index is 13.0. The van der Waals surface area contributed by atoms with Crippen molar-refractivity contribution < 1.29 is 9.21 Å². The number of benzene rings is 1. The third-order valence-corrected chi connectivity index (χ3v) is 6.23. The quantitative estimate of drug-likeness (QED) is 0.625. The highest BCUT2D eigenvalue weighted by Gasteiger charge is 2.25. The van der Waals surface area contributed by atoms with Crippen LogP contribution in [0.3, 0.4) is 0 Å². The smallest absolute Gasteiger partial charge is 0.265 e. The van der Waals surface area contributed by atoms with Crippen LogP contribution in [0.5, 0.6) is 0 Å². The van der Waals surface area contributed by atoms with Gasteiger partial charge in [0.15, 0.2) is 10.8 Å². The van der Waals surface area contributed by atoms with E-state index in [2.05, 4.69) is 34.2 Å². The van der Waals surface area contributed by atoms with Gasteiger partial charge in [-0.05, 0) is 31.5 Å². The predicted octanol–water partition coefficient (Wildman–Crippen LogP) is 4.49. The largest absolute Gasteiger partial charge is 0.459 e. The molecule has 29 heavy (non-hydrogen) atoms. The molecule has 0 aliphatic carbocycles. The van der Waals surface area contributed by atoms with Gasteiger partial charge in [-0.2, -0.15) is 0 Å². The van der Waals surface area contributed by atoms with Crippen LogP contribution in [0.2, 0.25) is 0 Å². The summed E-state index contributed by atoms with van der Waals surface area (Å²) in [7, 11) is 0. The van der Waals surface area contributed by atoms with Gasteiger partial charge in [-0.25, -0.2) is 4.98 Å². The number of amides is 1. The third kappa shape index (κ3) is 4.66. The molecule has 1 aliphatic heterocycles. The molecule has 6 heteroatoms. The zero-order valence-corrected chi connectivity index (χ0v) is 17.6. The van der Waals surface area contributed by atoms with Crippen LogP contribution in [0.25, 0.3) is 16.8 Å². The molecule has 0 spiro atoms. The Labute approximate surface area is 175 Å². The van der Waals surface area contributed by atoms with E-state index in [-0.39, 0.29) is 5.91 Å². The Kier molecular flexibility index (Phi) is 5.92. The minimum atomic E-state index is 0.0778. The van der Waals surface area contributed by atoms with Crippen LogP contribution in [0, 0.1) is 13.8 Å². The Balaban J connectivity index is 1.33. The molecular formula is C23H25N3O2S. The van der Waals surface area contributed by atoms with Crippen LogP contribution in [0.4, 0.5) is 0 Å². The van der Waals surface area contributed by atoms with E-state index in [1.807, 2.05) is 49.1 Å². The van der Waals surface area contributed by atoms with E-state index in [0.29, 0.717) is 4.88 Å². The average molecular weight is 408 g/mol. The van der Waals surface area contributed by atoms with Crippen LogP contribution in [0.1, 0.15) is 26.7 Å². The summed E-state index contributed by atoms with van der Waals surface area (Å²) in [5.74, 6) is 1.65. The number of nitrogens with zero attached hydrogens (tertiary/aromatic N) is 3. The number of aryl methyl sites for hydroxylation is 2. The highest BCUT2D eigenvalue weighted by atomic mass is 32.1. The highest BCUT2D eigenvalue weighted by molar-refractivity contribution is 7.17. The van der Waals surface area contributed by atoms with Crippen molar-refractivity contribution in [2.75, 3.05) is 32.7 Å². The van der Waals surface area contributed by atoms with Crippen molar-refractivity contribution in [1.82, 2.24) is 14.8 Å². The Bertz CT molecular complexity index is 998. The molecule has 1 aliphatic rings. The molecule has 1 fully saturated rings. The first-order valence-corrected chi connectivity index (χ1v) is 10.7. The molecule has 3 aromatic rings. The van der Waals surface area contributed by atoms with Gasteiger partial charge in [-0.15, -0.1) is 11.3 Å². The molecule has 150 valence electrons. The van der Waals surface area contributed by atoms with E-state index in [1.54, 1.807) is 0 Å². The first kappa shape index (κ1) is 19.6. The van der Waals surface area contributed by atoms with Gasteiger partial charge in [0.05, 0.1) is 5.69 Å². The standard InChI is InChI=1S/C23H25N3O2S/c1-17-10-11-20(28-17)22-24-18(2)21(29-22)23(27)26-15-13-25(14-16-26)12-6-9-19-7-4-3-5-8-19/h3-11H,12-16H2,1-2H3. The van der Waals surface area contributed by atoms with Crippen molar-refractivity contribution in [1.29, 1.82) is 0 Å². The summed E-state index contributed by atoms with van der Waals surface area (Å²) in [6.45, 7) is 7.95. The van der Waals surface area contributed by atoms with Gasteiger partial charge in [-0.1, -0.05) is 42.5 Å². The highest BCUT2D eigenvalue weighted by Crippen LogP contribution is 2.30. The molecule has 0 unspecified atom stereocenters. The summed E-state index contributed by atoms with van der Waals surface area (Å²) < 4.78 is 5.66. The van der Waals surface area contributed by atoms with Crippen LogP contribution in [-0.4, -0.2) is 53.4 Å². The van der Waals surface area contributed by atoms with Gasteiger partial charge in [0.2, 0.25) is 0 Å². The number of hydrogen-bond donors (Lipinski definition) is 0. The number of thiazole rings is 1. The Morgan fingerprint density at radius 2 is 1.86 bits per heavy atom. The molecular weight excluding hydrogens is 382 g/mol. The zero-order chi connectivity index (χ0) is 20.2. The molecule has 3 heterocycles. The van der Waals surface area contributed by atoms with E-state index in [4.69, 9.17) is 4.42 Å². The van der Waals surface area contributed by atoms with Gasteiger partial charge in [-0.3, -0.25) is 9.69 Å². The van der Waals surface area contributed by atoms with E-state index in [9.17, 15) is 4.79 Å². The lowest BCUT2D eigenvalue weighted by atomic mass is 10.2. The zero-order valence-electron chi connectivity index (χ0n) is 16.8. The maximum Gasteiger partial charge on any atom is 0.265 e. The topological polar surface area (TPSA) is 49.6 Å². The monoisotopic (exact) mass is 407 g/mol. The Morgan fingerprint density at radius 1 is 1.10 bits per heavy atom. The van der Waals surface area contributed by atoms with Crippen molar-refractivity contribution in [3.8, 4) is 10.8 Å². The summed E-state index contributed by atoms with van der Waals surface area (Å²) in [5, 5.41) is 0.767. The number of hydrogen-bond acceptors (Lipinski definition) is 5. The molecule has 0 radical (unpaired) electrons. The van der Waals surface area contributed by atoms with Gasteiger partial charge < -0.3 is 9.32 Å². The van der Waals surface area contributed by atoms with Gasteiger partial charge in [0.25, 0.3) is 5.91 Å². The molecule has 0 atom stereocenters. The number of piperazine rings is 1. The number of aromatic nitrogens is 1. The molecule has 1 aromatic carbocycles. The van der Waals surface area contributed by atoms with E-state index in [0.717, 1.165) is 54.9 Å². The summed E-state index contributed by atoms with van der Waals surface area (Å²) in [4.78, 5) is 22.6. The van der Waals surface area contributed by atoms with Crippen molar-refractivity contribution in [2.45, 2.75) is 13.8 Å². The molecule has 5 nitrogen and oxygen atoms in total. The van der Waals surface area contributed by atoms with Crippen LogP contribution >= 0.6 is 11.3 Å². The van der Waals surface area contributed by atoms with Gasteiger partial charge >= 0.3 is 0 Å². The Morgan fingerprint density at radius 3 is 2.55 bits per heavy atom. The fraction of sp³-hybridized carbons (Fsp3) is 0.304. The van der Waals surface area contributed by atoms with Crippen molar-refractivity contribution in [2.24, 2.45) is 0 Å². The van der Waals surface area contributed by atoms with E-state index < -0.39 is 0 Å². The molecule has 0 N–H and O–H groups in total. The number of rotatable bonds is 5. The third-order valence-electron chi connectivity index (χ3n) is 5.07. The fourth-order valence-corrected chi connectivity index (χ4v) is 4.42.